The number of aryl methyl sites for hydroxylation is 2. The van der Waals surface area contributed by atoms with Gasteiger partial charge in [0.1, 0.15) is 0 Å². The molecule has 2 aliphatic rings. The first-order valence-electron chi connectivity index (χ1n) is 10.1. The highest BCUT2D eigenvalue weighted by Gasteiger charge is 2.46. The Morgan fingerprint density at radius 2 is 1.96 bits per heavy atom. The fourth-order valence-corrected chi connectivity index (χ4v) is 5.34. The lowest BCUT2D eigenvalue weighted by atomic mass is 9.88. The molecule has 2 fully saturated rings. The minimum absolute atomic E-state index is 0.0370. The van der Waals surface area contributed by atoms with Crippen LogP contribution in [0.1, 0.15) is 28.6 Å². The Morgan fingerprint density at radius 1 is 1.14 bits per heavy atom. The third-order valence-electron chi connectivity index (χ3n) is 6.49. The van der Waals surface area contributed by atoms with Gasteiger partial charge < -0.3 is 0 Å². The van der Waals surface area contributed by atoms with Gasteiger partial charge >= 0.3 is 0 Å². The summed E-state index contributed by atoms with van der Waals surface area (Å²) in [4.78, 5) is 22.1. The Bertz CT molecular complexity index is 1080. The zero-order chi connectivity index (χ0) is 19.4. The van der Waals surface area contributed by atoms with Crippen LogP contribution < -0.4 is 5.56 Å². The second-order valence-corrected chi connectivity index (χ2v) is 8.58. The van der Waals surface area contributed by atoms with Crippen LogP contribution in [0, 0.1) is 25.7 Å². The average molecular weight is 377 g/mol. The van der Waals surface area contributed by atoms with Gasteiger partial charge in [0, 0.05) is 50.0 Å². The Labute approximate surface area is 164 Å². The molecule has 3 atom stereocenters. The number of H-pyrrole nitrogens is 1. The van der Waals surface area contributed by atoms with Crippen LogP contribution in [0.25, 0.3) is 5.65 Å². The van der Waals surface area contributed by atoms with E-state index < -0.39 is 0 Å². The summed E-state index contributed by atoms with van der Waals surface area (Å²) in [7, 11) is 2.25. The van der Waals surface area contributed by atoms with Crippen LogP contribution in [0.3, 0.4) is 0 Å². The highest BCUT2D eigenvalue weighted by molar-refractivity contribution is 5.39. The summed E-state index contributed by atoms with van der Waals surface area (Å²) in [6, 6.07) is 12.8. The van der Waals surface area contributed by atoms with E-state index in [0.29, 0.717) is 23.5 Å². The molecule has 3 aromatic rings. The summed E-state index contributed by atoms with van der Waals surface area (Å²) in [5.41, 5.74) is 5.31. The zero-order valence-corrected chi connectivity index (χ0v) is 16.7. The van der Waals surface area contributed by atoms with Gasteiger partial charge in [-0.05, 0) is 43.9 Å². The molecular weight excluding hydrogens is 350 g/mol. The van der Waals surface area contributed by atoms with E-state index in [2.05, 4.69) is 53.1 Å². The monoisotopic (exact) mass is 377 g/mol. The van der Waals surface area contributed by atoms with Crippen LogP contribution in [0.15, 0.2) is 41.2 Å². The van der Waals surface area contributed by atoms with Crippen molar-refractivity contribution in [3.05, 3.63) is 69.3 Å². The minimum atomic E-state index is -0.0370. The van der Waals surface area contributed by atoms with Gasteiger partial charge in [0.2, 0.25) is 0 Å². The van der Waals surface area contributed by atoms with Crippen LogP contribution >= 0.6 is 0 Å². The fraction of sp³-hybridized carbons (Fsp3) is 0.455. The first-order chi connectivity index (χ1) is 13.5. The van der Waals surface area contributed by atoms with Crippen LogP contribution in [0.4, 0.5) is 0 Å². The maximum Gasteiger partial charge on any atom is 0.272 e. The highest BCUT2D eigenvalue weighted by atomic mass is 16.1. The van der Waals surface area contributed by atoms with Crippen molar-refractivity contribution in [1.29, 1.82) is 0 Å². The van der Waals surface area contributed by atoms with Gasteiger partial charge in [-0.1, -0.05) is 24.3 Å². The van der Waals surface area contributed by atoms with E-state index in [9.17, 15) is 4.79 Å². The summed E-state index contributed by atoms with van der Waals surface area (Å²) in [5.74, 6) is 1.30. The normalized spacial score (nSPS) is 25.6. The smallest absolute Gasteiger partial charge is 0.272 e. The van der Waals surface area contributed by atoms with E-state index in [1.54, 1.807) is 6.07 Å². The molecule has 4 heterocycles. The first-order valence-corrected chi connectivity index (χ1v) is 10.1. The molecule has 5 rings (SSSR count). The molecule has 2 saturated heterocycles. The predicted molar refractivity (Wildman–Crippen MR) is 109 cm³/mol. The van der Waals surface area contributed by atoms with E-state index in [4.69, 9.17) is 4.98 Å². The van der Waals surface area contributed by atoms with E-state index >= 15 is 0 Å². The number of aromatic nitrogens is 3. The molecule has 0 bridgehead atoms. The molecule has 6 heteroatoms. The quantitative estimate of drug-likeness (QED) is 0.761. The predicted octanol–water partition coefficient (Wildman–Crippen LogP) is 2.37. The van der Waals surface area contributed by atoms with Crippen molar-refractivity contribution < 1.29 is 0 Å². The molecule has 6 nitrogen and oxygen atoms in total. The molecule has 0 aliphatic carbocycles. The number of rotatable bonds is 3. The van der Waals surface area contributed by atoms with Gasteiger partial charge in [0.25, 0.3) is 5.56 Å². The number of benzene rings is 1. The van der Waals surface area contributed by atoms with Gasteiger partial charge in [-0.15, -0.1) is 0 Å². The lowest BCUT2D eigenvalue weighted by molar-refractivity contribution is 0.223. The molecule has 0 radical (unpaired) electrons. The second-order valence-electron chi connectivity index (χ2n) is 8.58. The molecule has 0 unspecified atom stereocenters. The summed E-state index contributed by atoms with van der Waals surface area (Å²) < 4.78 is 1.51. The van der Waals surface area contributed by atoms with Gasteiger partial charge in [-0.3, -0.25) is 19.7 Å². The molecule has 1 aromatic carbocycles. The van der Waals surface area contributed by atoms with E-state index in [0.717, 1.165) is 37.6 Å². The standard InChI is InChI=1S/C22H27N5O/c1-14-6-4-5-7-18(14)22-19-13-26(11-16(19)10-25(22)3)12-17-9-21(28)27-20(23-17)8-15(2)24-27/h4-9,16,19,22,24H,10-13H2,1-3H3/t16-,19+,22+/m0/s1. The summed E-state index contributed by atoms with van der Waals surface area (Å²) in [5, 5.41) is 3.04. The summed E-state index contributed by atoms with van der Waals surface area (Å²) in [6.45, 7) is 8.16. The van der Waals surface area contributed by atoms with Crippen molar-refractivity contribution in [2.75, 3.05) is 26.7 Å². The molecule has 2 aromatic heterocycles. The molecule has 146 valence electrons. The van der Waals surface area contributed by atoms with Crippen molar-refractivity contribution in [3.8, 4) is 0 Å². The number of hydrogen-bond donors (Lipinski definition) is 1. The summed E-state index contributed by atoms with van der Waals surface area (Å²) >= 11 is 0. The lowest BCUT2D eigenvalue weighted by Crippen LogP contribution is -2.30. The third kappa shape index (κ3) is 2.88. The fourth-order valence-electron chi connectivity index (χ4n) is 5.34. The molecule has 0 spiro atoms. The largest absolute Gasteiger partial charge is 0.299 e. The molecule has 0 saturated carbocycles. The van der Waals surface area contributed by atoms with E-state index in [1.807, 2.05) is 13.0 Å². The van der Waals surface area contributed by atoms with Crippen LogP contribution in [-0.4, -0.2) is 51.1 Å². The number of likely N-dealkylation sites (tertiary alicyclic amines) is 2. The van der Waals surface area contributed by atoms with Crippen LogP contribution in [-0.2, 0) is 6.54 Å². The number of nitrogens with one attached hydrogen (secondary N) is 1. The van der Waals surface area contributed by atoms with Crippen molar-refractivity contribution in [2.45, 2.75) is 26.4 Å². The zero-order valence-electron chi connectivity index (χ0n) is 16.7. The highest BCUT2D eigenvalue weighted by Crippen LogP contribution is 2.45. The molecule has 28 heavy (non-hydrogen) atoms. The maximum absolute atomic E-state index is 12.4. The van der Waals surface area contributed by atoms with Crippen LogP contribution in [0.2, 0.25) is 0 Å². The topological polar surface area (TPSA) is 56.6 Å². The summed E-state index contributed by atoms with van der Waals surface area (Å²) in [6.07, 6.45) is 0. The van der Waals surface area contributed by atoms with Crippen molar-refractivity contribution in [2.24, 2.45) is 11.8 Å². The SMILES string of the molecule is Cc1cc2nc(CN3C[C@@H]4CN(C)[C@H](c5ccccc5C)[C@@H]4C3)cc(=O)n2[nH]1. The van der Waals surface area contributed by atoms with Crippen molar-refractivity contribution in [1.82, 2.24) is 24.4 Å². The van der Waals surface area contributed by atoms with Crippen molar-refractivity contribution >= 4 is 5.65 Å². The Balaban J connectivity index is 1.38. The minimum Gasteiger partial charge on any atom is -0.299 e. The van der Waals surface area contributed by atoms with Gasteiger partial charge in [-0.2, -0.15) is 0 Å². The van der Waals surface area contributed by atoms with Gasteiger partial charge in [-0.25, -0.2) is 9.50 Å². The molecular formula is C22H27N5O. The number of nitrogens with zero attached hydrogens (tertiary/aromatic N) is 4. The third-order valence-corrected chi connectivity index (χ3v) is 6.49. The Hall–Kier alpha value is -2.44. The van der Waals surface area contributed by atoms with E-state index in [-0.39, 0.29) is 5.56 Å². The molecule has 0 amide bonds. The Kier molecular flexibility index (Phi) is 4.14. The molecule has 1 N–H and O–H groups in total. The second kappa shape index (κ2) is 6.57. The number of fused-ring (bicyclic) bond motifs is 2. The number of hydrogen-bond acceptors (Lipinski definition) is 4. The Morgan fingerprint density at radius 3 is 2.79 bits per heavy atom. The average Bonchev–Trinajstić information content (AvgIpc) is 3.27. The van der Waals surface area contributed by atoms with Gasteiger partial charge in [0.05, 0.1) is 5.69 Å². The lowest BCUT2D eigenvalue weighted by Gasteiger charge is -2.28. The van der Waals surface area contributed by atoms with Gasteiger partial charge in [0.15, 0.2) is 5.65 Å². The van der Waals surface area contributed by atoms with E-state index in [1.165, 1.54) is 15.6 Å². The maximum atomic E-state index is 12.4. The van der Waals surface area contributed by atoms with Crippen LogP contribution in [0.5, 0.6) is 0 Å². The molecule has 2 aliphatic heterocycles. The number of aromatic amines is 1. The first kappa shape index (κ1) is 17.6. The van der Waals surface area contributed by atoms with Crippen molar-refractivity contribution in [3.63, 3.8) is 0 Å².